The van der Waals surface area contributed by atoms with Gasteiger partial charge in [0.2, 0.25) is 0 Å². The zero-order valence-electron chi connectivity index (χ0n) is 15.8. The Morgan fingerprint density at radius 1 is 1.18 bits per heavy atom. The van der Waals surface area contributed by atoms with Gasteiger partial charge in [0.1, 0.15) is 5.84 Å². The number of hydrazone groups is 1. The summed E-state index contributed by atoms with van der Waals surface area (Å²) in [6.07, 6.45) is 2.84. The summed E-state index contributed by atoms with van der Waals surface area (Å²) in [7, 11) is 3.10. The van der Waals surface area contributed by atoms with Crippen LogP contribution in [0.5, 0.6) is 11.5 Å². The van der Waals surface area contributed by atoms with Gasteiger partial charge in [0.25, 0.3) is 0 Å². The fraction of sp³-hybridized carbons (Fsp3) is 0.300. The summed E-state index contributed by atoms with van der Waals surface area (Å²) in [5, 5.41) is 10.4. The number of nitrogens with zero attached hydrogens (tertiary/aromatic N) is 1. The summed E-state index contributed by atoms with van der Waals surface area (Å²) in [6.45, 7) is 0. The van der Waals surface area contributed by atoms with E-state index >= 15 is 0 Å². The minimum Gasteiger partial charge on any atom is -0.493 e. The Morgan fingerprint density at radius 2 is 1.89 bits per heavy atom. The number of hydrogen-bond acceptors (Lipinski definition) is 4. The van der Waals surface area contributed by atoms with Crippen molar-refractivity contribution in [2.24, 2.45) is 5.10 Å². The van der Waals surface area contributed by atoms with Crippen LogP contribution in [0.2, 0.25) is 0 Å². The molecule has 3 N–H and O–H groups in total. The quantitative estimate of drug-likeness (QED) is 0.593. The molecule has 1 heterocycles. The first-order valence-corrected chi connectivity index (χ1v) is 9.76. The lowest BCUT2D eigenvalue weighted by molar-refractivity contribution is 0.252. The molecule has 0 saturated carbocycles. The van der Waals surface area contributed by atoms with Gasteiger partial charge in [-0.2, -0.15) is 5.10 Å². The van der Waals surface area contributed by atoms with Gasteiger partial charge in [-0.15, -0.1) is 0 Å². The van der Waals surface area contributed by atoms with E-state index in [4.69, 9.17) is 9.47 Å². The maximum Gasteiger partial charge on any atom is 0.339 e. The van der Waals surface area contributed by atoms with Gasteiger partial charge in [-0.25, -0.2) is 10.2 Å². The Morgan fingerprint density at radius 3 is 2.61 bits per heavy atom. The maximum atomic E-state index is 12.3. The molecular weight excluding hydrogens is 424 g/mol. The minimum atomic E-state index is -0.441. The van der Waals surface area contributed by atoms with Crippen molar-refractivity contribution in [1.29, 1.82) is 0 Å². The second-order valence-corrected chi connectivity index (χ2v) is 7.17. The third-order valence-electron chi connectivity index (χ3n) is 4.46. The highest BCUT2D eigenvalue weighted by Crippen LogP contribution is 2.36. The monoisotopic (exact) mass is 446 g/mol. The number of ether oxygens (including phenoxy) is 2. The third-order valence-corrected chi connectivity index (χ3v) is 5.12. The van der Waals surface area contributed by atoms with Gasteiger partial charge in [0, 0.05) is 23.0 Å². The summed E-state index contributed by atoms with van der Waals surface area (Å²) in [4.78, 5) is 12.3. The van der Waals surface area contributed by atoms with Gasteiger partial charge in [-0.3, -0.25) is 0 Å². The van der Waals surface area contributed by atoms with Crippen molar-refractivity contribution in [2.45, 2.75) is 25.3 Å². The second kappa shape index (κ2) is 9.45. The van der Waals surface area contributed by atoms with Gasteiger partial charge in [-0.05, 0) is 34.3 Å². The number of methoxy groups -OCH3 is 2. The van der Waals surface area contributed by atoms with Gasteiger partial charge in [0.15, 0.2) is 11.5 Å². The summed E-state index contributed by atoms with van der Waals surface area (Å²) in [5.41, 5.74) is 4.32. The molecule has 1 unspecified atom stereocenters. The average Bonchev–Trinajstić information content (AvgIpc) is 2.74. The molecule has 3 rings (SSSR count). The van der Waals surface area contributed by atoms with E-state index in [1.165, 1.54) is 5.56 Å². The molecule has 0 spiro atoms. The van der Waals surface area contributed by atoms with Crippen LogP contribution in [0.1, 0.15) is 30.9 Å². The molecule has 0 radical (unpaired) electrons. The van der Waals surface area contributed by atoms with Gasteiger partial charge in [-0.1, -0.05) is 30.3 Å². The smallest absolute Gasteiger partial charge is 0.339 e. The predicted molar refractivity (Wildman–Crippen MR) is 113 cm³/mol. The first kappa shape index (κ1) is 20.0. The largest absolute Gasteiger partial charge is 0.493 e. The summed E-state index contributed by atoms with van der Waals surface area (Å²) in [5.74, 6) is 1.85. The van der Waals surface area contributed by atoms with Crippen LogP contribution in [0.4, 0.5) is 10.5 Å². The summed E-state index contributed by atoms with van der Waals surface area (Å²) in [6, 6.07) is 13.4. The molecule has 0 aromatic heterocycles. The van der Waals surface area contributed by atoms with Crippen LogP contribution in [0.25, 0.3) is 0 Å². The Hall–Kier alpha value is -2.74. The van der Waals surface area contributed by atoms with Crippen molar-refractivity contribution < 1.29 is 14.3 Å². The fourth-order valence-electron chi connectivity index (χ4n) is 3.06. The third kappa shape index (κ3) is 4.95. The lowest BCUT2D eigenvalue weighted by atomic mass is 9.97. The number of rotatable bonds is 5. The van der Waals surface area contributed by atoms with E-state index in [1.807, 2.05) is 18.2 Å². The van der Waals surface area contributed by atoms with Crippen molar-refractivity contribution in [2.75, 3.05) is 19.5 Å². The molecule has 28 heavy (non-hydrogen) atoms. The molecule has 1 aliphatic rings. The van der Waals surface area contributed by atoms with E-state index in [0.29, 0.717) is 21.7 Å². The van der Waals surface area contributed by atoms with E-state index < -0.39 is 6.03 Å². The average molecular weight is 447 g/mol. The Labute approximate surface area is 172 Å². The highest BCUT2D eigenvalue weighted by atomic mass is 79.9. The summed E-state index contributed by atoms with van der Waals surface area (Å²) < 4.78 is 11.2. The number of hydrogen-bond donors (Lipinski definition) is 3. The number of carbonyl (C=O) groups is 1. The van der Waals surface area contributed by atoms with Crippen molar-refractivity contribution >= 4 is 33.5 Å². The zero-order valence-corrected chi connectivity index (χ0v) is 17.4. The fourth-order valence-corrected chi connectivity index (χ4v) is 3.48. The molecule has 2 aromatic carbocycles. The van der Waals surface area contributed by atoms with Gasteiger partial charge >= 0.3 is 6.03 Å². The first-order valence-electron chi connectivity index (χ1n) is 8.97. The molecular formula is C20H23BrN4O3. The van der Waals surface area contributed by atoms with Gasteiger partial charge in [0.05, 0.1) is 25.9 Å². The van der Waals surface area contributed by atoms with E-state index in [-0.39, 0.29) is 6.04 Å². The number of nitrogens with one attached hydrogen (secondary N) is 3. The number of carbonyl (C=O) groups excluding carboxylic acids is 1. The highest BCUT2D eigenvalue weighted by Gasteiger charge is 2.19. The number of amidine groups is 1. The van der Waals surface area contributed by atoms with Crippen LogP contribution in [-0.2, 0) is 0 Å². The minimum absolute atomic E-state index is 0.207. The molecule has 1 fully saturated rings. The molecule has 0 aliphatic carbocycles. The number of urea groups is 1. The van der Waals surface area contributed by atoms with Crippen LogP contribution in [0.3, 0.4) is 0 Å². The number of piperidine rings is 1. The number of amides is 2. The standard InChI is InChI=1S/C20H23BrN4O3/c1-27-17-11-14(21)16(12-18(17)28-2)23-20(26)25-24-19-10-6-9-15(22-19)13-7-4-3-5-8-13/h3-5,7-8,11-12,15H,6,9-10H2,1-2H3,(H,22,24)(H2,23,25,26). The zero-order chi connectivity index (χ0) is 19.9. The molecule has 1 atom stereocenters. The molecule has 2 amide bonds. The van der Waals surface area contributed by atoms with Crippen molar-refractivity contribution in [1.82, 2.24) is 10.7 Å². The SMILES string of the molecule is COc1cc(Br)c(NC(=O)N/N=C2\CCCC(c3ccccc3)N2)cc1OC. The van der Waals surface area contributed by atoms with E-state index in [9.17, 15) is 4.79 Å². The van der Waals surface area contributed by atoms with Crippen LogP contribution in [0.15, 0.2) is 52.0 Å². The lowest BCUT2D eigenvalue weighted by Crippen LogP contribution is -2.35. The van der Waals surface area contributed by atoms with E-state index in [1.54, 1.807) is 26.4 Å². The van der Waals surface area contributed by atoms with E-state index in [2.05, 4.69) is 49.2 Å². The second-order valence-electron chi connectivity index (χ2n) is 6.31. The lowest BCUT2D eigenvalue weighted by Gasteiger charge is -2.26. The first-order chi connectivity index (χ1) is 13.6. The highest BCUT2D eigenvalue weighted by molar-refractivity contribution is 9.10. The van der Waals surface area contributed by atoms with Crippen molar-refractivity contribution in [3.8, 4) is 11.5 Å². The molecule has 2 aromatic rings. The van der Waals surface area contributed by atoms with Crippen molar-refractivity contribution in [3.63, 3.8) is 0 Å². The van der Waals surface area contributed by atoms with Crippen LogP contribution in [0, 0.1) is 0 Å². The topological polar surface area (TPSA) is 84.0 Å². The number of benzene rings is 2. The normalized spacial score (nSPS) is 17.5. The molecule has 148 valence electrons. The molecule has 7 nitrogen and oxygen atoms in total. The van der Waals surface area contributed by atoms with Crippen LogP contribution in [-0.4, -0.2) is 26.1 Å². The number of anilines is 1. The number of halogens is 1. The summed E-state index contributed by atoms with van der Waals surface area (Å²) >= 11 is 3.42. The Kier molecular flexibility index (Phi) is 6.76. The Balaban J connectivity index is 1.62. The Bertz CT molecular complexity index is 858. The van der Waals surface area contributed by atoms with Gasteiger partial charge < -0.3 is 20.1 Å². The molecule has 0 bridgehead atoms. The molecule has 8 heteroatoms. The molecule has 1 saturated heterocycles. The van der Waals surface area contributed by atoms with Crippen LogP contribution >= 0.6 is 15.9 Å². The molecule has 1 aliphatic heterocycles. The predicted octanol–water partition coefficient (Wildman–Crippen LogP) is 4.42. The maximum absolute atomic E-state index is 12.3. The van der Waals surface area contributed by atoms with Crippen molar-refractivity contribution in [3.05, 3.63) is 52.5 Å². The van der Waals surface area contributed by atoms with E-state index in [0.717, 1.165) is 25.1 Å². The van der Waals surface area contributed by atoms with Crippen LogP contribution < -0.4 is 25.5 Å².